The lowest BCUT2D eigenvalue weighted by molar-refractivity contribution is -0.133. The lowest BCUT2D eigenvalue weighted by atomic mass is 9.94. The van der Waals surface area contributed by atoms with Crippen LogP contribution in [-0.4, -0.2) is 53.5 Å². The van der Waals surface area contributed by atoms with Crippen molar-refractivity contribution in [3.05, 3.63) is 51.9 Å². The van der Waals surface area contributed by atoms with Crippen LogP contribution in [0.2, 0.25) is 0 Å². The molecule has 4 rings (SSSR count). The van der Waals surface area contributed by atoms with E-state index in [1.807, 2.05) is 29.2 Å². The average molecular weight is 458 g/mol. The first-order chi connectivity index (χ1) is 14.1. The number of benzene rings is 1. The van der Waals surface area contributed by atoms with Crippen LogP contribution in [0.4, 0.5) is 5.82 Å². The van der Waals surface area contributed by atoms with Crippen molar-refractivity contribution in [2.75, 3.05) is 37.6 Å². The third kappa shape index (κ3) is 4.16. The second kappa shape index (κ2) is 8.79. The van der Waals surface area contributed by atoms with Crippen LogP contribution in [0.25, 0.3) is 0 Å². The van der Waals surface area contributed by atoms with Gasteiger partial charge in [0, 0.05) is 41.9 Å². The lowest BCUT2D eigenvalue weighted by Gasteiger charge is -2.38. The normalized spacial score (nSPS) is 19.9. The molecular weight excluding hydrogens is 430 g/mol. The van der Waals surface area contributed by atoms with Crippen LogP contribution >= 0.6 is 15.9 Å². The molecule has 1 aliphatic carbocycles. The molecule has 2 N–H and O–H groups in total. The number of aryl methyl sites for hydroxylation is 1. The van der Waals surface area contributed by atoms with Gasteiger partial charge in [-0.2, -0.15) is 0 Å². The Hall–Kier alpha value is -1.99. The summed E-state index contributed by atoms with van der Waals surface area (Å²) in [6.07, 6.45) is 4.54. The molecule has 1 saturated heterocycles. The first-order valence-corrected chi connectivity index (χ1v) is 11.2. The van der Waals surface area contributed by atoms with Gasteiger partial charge in [0.05, 0.1) is 5.92 Å². The van der Waals surface area contributed by atoms with Crippen LogP contribution in [0.1, 0.15) is 48.4 Å². The van der Waals surface area contributed by atoms with E-state index in [4.69, 9.17) is 5.73 Å². The molecule has 1 fully saturated rings. The van der Waals surface area contributed by atoms with E-state index in [1.165, 1.54) is 11.3 Å². The van der Waals surface area contributed by atoms with Crippen LogP contribution in [0.15, 0.2) is 35.1 Å². The van der Waals surface area contributed by atoms with Gasteiger partial charge in [-0.1, -0.05) is 35.0 Å². The van der Waals surface area contributed by atoms with Crippen molar-refractivity contribution in [3.8, 4) is 0 Å². The molecular formula is C22H28BrN5O. The molecule has 7 heteroatoms. The molecule has 0 saturated carbocycles. The van der Waals surface area contributed by atoms with Crippen LogP contribution in [0, 0.1) is 0 Å². The summed E-state index contributed by atoms with van der Waals surface area (Å²) < 4.78 is 1.01. The van der Waals surface area contributed by atoms with E-state index in [-0.39, 0.29) is 11.8 Å². The molecule has 0 radical (unpaired) electrons. The van der Waals surface area contributed by atoms with E-state index in [1.54, 1.807) is 6.33 Å². The van der Waals surface area contributed by atoms with Gasteiger partial charge in [-0.05, 0) is 49.4 Å². The van der Waals surface area contributed by atoms with Crippen molar-refractivity contribution in [2.24, 2.45) is 5.73 Å². The van der Waals surface area contributed by atoms with E-state index in [0.717, 1.165) is 41.8 Å². The summed E-state index contributed by atoms with van der Waals surface area (Å²) in [6, 6.07) is 8.01. The number of hydrogen-bond acceptors (Lipinski definition) is 5. The molecule has 2 aromatic rings. The fraction of sp³-hybridized carbons (Fsp3) is 0.500. The number of nitrogens with two attached hydrogens (primary N) is 1. The zero-order valence-electron chi connectivity index (χ0n) is 16.9. The van der Waals surface area contributed by atoms with Gasteiger partial charge >= 0.3 is 0 Å². The number of aromatic nitrogens is 2. The molecule has 1 aliphatic heterocycles. The van der Waals surface area contributed by atoms with Crippen LogP contribution in [0.3, 0.4) is 0 Å². The molecule has 0 bridgehead atoms. The first-order valence-electron chi connectivity index (χ1n) is 10.4. The molecule has 2 atom stereocenters. The van der Waals surface area contributed by atoms with Gasteiger partial charge in [-0.25, -0.2) is 9.97 Å². The fourth-order valence-corrected chi connectivity index (χ4v) is 4.79. The number of hydrogen-bond donors (Lipinski definition) is 1. The Kier molecular flexibility index (Phi) is 6.15. The van der Waals surface area contributed by atoms with Crippen molar-refractivity contribution in [2.45, 2.75) is 38.0 Å². The van der Waals surface area contributed by atoms with Gasteiger partial charge in [0.25, 0.3) is 0 Å². The predicted octanol–water partition coefficient (Wildman–Crippen LogP) is 3.07. The van der Waals surface area contributed by atoms with Gasteiger partial charge in [0.2, 0.25) is 5.91 Å². The number of rotatable bonds is 5. The Bertz CT molecular complexity index is 864. The van der Waals surface area contributed by atoms with Crippen molar-refractivity contribution >= 4 is 27.7 Å². The monoisotopic (exact) mass is 457 g/mol. The predicted molar refractivity (Wildman–Crippen MR) is 118 cm³/mol. The number of carbonyl (C=O) groups is 1. The molecule has 2 heterocycles. The summed E-state index contributed by atoms with van der Waals surface area (Å²) in [5, 5.41) is 0. The highest BCUT2D eigenvalue weighted by atomic mass is 79.9. The number of carbonyl (C=O) groups excluding carboxylic acids is 1. The molecule has 6 nitrogen and oxygen atoms in total. The number of fused-ring (bicyclic) bond motifs is 1. The van der Waals surface area contributed by atoms with Crippen molar-refractivity contribution < 1.29 is 4.79 Å². The third-order valence-electron chi connectivity index (χ3n) is 6.17. The smallest absolute Gasteiger partial charge is 0.230 e. The number of piperazine rings is 1. The fourth-order valence-electron chi connectivity index (χ4n) is 4.53. The minimum absolute atomic E-state index is 0.178. The number of amides is 1. The Morgan fingerprint density at radius 3 is 2.62 bits per heavy atom. The highest BCUT2D eigenvalue weighted by molar-refractivity contribution is 9.10. The Balaban J connectivity index is 1.46. The number of halogens is 1. The minimum atomic E-state index is -0.178. The van der Waals surface area contributed by atoms with Crippen LogP contribution in [0.5, 0.6) is 0 Å². The van der Waals surface area contributed by atoms with Gasteiger partial charge in [-0.15, -0.1) is 0 Å². The van der Waals surface area contributed by atoms with E-state index in [0.29, 0.717) is 32.0 Å². The maximum absolute atomic E-state index is 13.3. The van der Waals surface area contributed by atoms with Crippen molar-refractivity contribution in [3.63, 3.8) is 0 Å². The Morgan fingerprint density at radius 2 is 1.93 bits per heavy atom. The second-order valence-corrected chi connectivity index (χ2v) is 8.91. The summed E-state index contributed by atoms with van der Waals surface area (Å²) >= 11 is 3.47. The first kappa shape index (κ1) is 20.3. The Morgan fingerprint density at radius 1 is 1.21 bits per heavy atom. The summed E-state index contributed by atoms with van der Waals surface area (Å²) in [5.41, 5.74) is 9.36. The van der Waals surface area contributed by atoms with Gasteiger partial charge in [-0.3, -0.25) is 4.79 Å². The van der Waals surface area contributed by atoms with Gasteiger partial charge in [0.1, 0.15) is 12.1 Å². The number of anilines is 1. The molecule has 154 valence electrons. The second-order valence-electron chi connectivity index (χ2n) is 7.99. The van der Waals surface area contributed by atoms with Crippen molar-refractivity contribution in [1.82, 2.24) is 14.9 Å². The molecule has 1 amide bonds. The largest absolute Gasteiger partial charge is 0.353 e. The highest BCUT2D eigenvalue weighted by Crippen LogP contribution is 2.37. The standard InChI is InChI=1S/C22H28BrN5O/c1-15-2-7-19-20(15)21(26-14-25-19)27-10-12-28(13-11-27)22(29)18(8-9-24)16-3-5-17(23)6-4-16/h3-6,14-15,18H,2,7-13,24H2,1H3/t15-,18+/m1/s1. The Labute approximate surface area is 180 Å². The molecule has 1 aromatic carbocycles. The zero-order valence-corrected chi connectivity index (χ0v) is 18.4. The number of nitrogens with zero attached hydrogens (tertiary/aromatic N) is 4. The summed E-state index contributed by atoms with van der Waals surface area (Å²) in [4.78, 5) is 26.7. The average Bonchev–Trinajstić information content (AvgIpc) is 3.14. The SMILES string of the molecule is C[C@@H]1CCc2ncnc(N3CCN(C(=O)[C@@H](CCN)c4ccc(Br)cc4)CC3)c21. The minimum Gasteiger partial charge on any atom is -0.353 e. The maximum Gasteiger partial charge on any atom is 0.230 e. The summed E-state index contributed by atoms with van der Waals surface area (Å²) in [5.74, 6) is 1.58. The molecule has 0 spiro atoms. The topological polar surface area (TPSA) is 75.4 Å². The van der Waals surface area contributed by atoms with Crippen LogP contribution in [-0.2, 0) is 11.2 Å². The molecule has 29 heavy (non-hydrogen) atoms. The van der Waals surface area contributed by atoms with Crippen molar-refractivity contribution in [1.29, 1.82) is 0 Å². The van der Waals surface area contributed by atoms with Gasteiger partial charge < -0.3 is 15.5 Å². The van der Waals surface area contributed by atoms with E-state index >= 15 is 0 Å². The third-order valence-corrected chi connectivity index (χ3v) is 6.70. The van der Waals surface area contributed by atoms with Gasteiger partial charge in [0.15, 0.2) is 0 Å². The molecule has 2 aliphatic rings. The molecule has 1 aromatic heterocycles. The molecule has 0 unspecified atom stereocenters. The van der Waals surface area contributed by atoms with Crippen LogP contribution < -0.4 is 10.6 Å². The van der Waals surface area contributed by atoms with E-state index in [9.17, 15) is 4.79 Å². The van der Waals surface area contributed by atoms with E-state index < -0.39 is 0 Å². The van der Waals surface area contributed by atoms with E-state index in [2.05, 4.69) is 37.7 Å². The zero-order chi connectivity index (χ0) is 20.4. The quantitative estimate of drug-likeness (QED) is 0.746. The lowest BCUT2D eigenvalue weighted by Crippen LogP contribution is -2.50. The maximum atomic E-state index is 13.3. The highest BCUT2D eigenvalue weighted by Gasteiger charge is 2.31. The summed E-state index contributed by atoms with van der Waals surface area (Å²) in [7, 11) is 0. The summed E-state index contributed by atoms with van der Waals surface area (Å²) in [6.45, 7) is 5.79.